The van der Waals surface area contributed by atoms with E-state index in [0.29, 0.717) is 16.3 Å². The van der Waals surface area contributed by atoms with E-state index in [9.17, 15) is 18.0 Å². The molecule has 3 rings (SSSR count). The van der Waals surface area contributed by atoms with Gasteiger partial charge in [0.05, 0.1) is 10.6 Å². The van der Waals surface area contributed by atoms with Gasteiger partial charge in [0.2, 0.25) is 11.8 Å². The summed E-state index contributed by atoms with van der Waals surface area (Å²) in [5, 5.41) is 3.37. The van der Waals surface area contributed by atoms with Gasteiger partial charge in [0.1, 0.15) is 12.6 Å². The van der Waals surface area contributed by atoms with E-state index in [2.05, 4.69) is 5.32 Å². The second kappa shape index (κ2) is 13.6. The first-order valence-corrected chi connectivity index (χ1v) is 14.9. The van der Waals surface area contributed by atoms with E-state index < -0.39 is 28.5 Å². The standard InChI is InChI=1S/C30H36ClN3O4S/c1-5-22(3)32-30(36)23(4)33(20-25-12-10-11-15-28(25)31)29(35)21-34(26-18-16-24(6-2)17-19-26)39(37,38)27-13-8-7-9-14-27/h7-19,22-23H,5-6,20-21H2,1-4H3,(H,32,36)/t22-,23-/m1/s1. The molecule has 0 aromatic heterocycles. The number of hydrogen-bond acceptors (Lipinski definition) is 4. The van der Waals surface area contributed by atoms with Crippen LogP contribution in [0.5, 0.6) is 0 Å². The molecule has 0 saturated heterocycles. The number of halogens is 1. The molecular weight excluding hydrogens is 534 g/mol. The minimum absolute atomic E-state index is 0.0433. The predicted octanol–water partition coefficient (Wildman–Crippen LogP) is 5.43. The van der Waals surface area contributed by atoms with E-state index in [-0.39, 0.29) is 23.4 Å². The van der Waals surface area contributed by atoms with E-state index in [1.54, 1.807) is 61.5 Å². The molecule has 0 heterocycles. The van der Waals surface area contributed by atoms with Crippen LogP contribution < -0.4 is 9.62 Å². The minimum Gasteiger partial charge on any atom is -0.352 e. The number of sulfonamides is 1. The Bertz CT molecular complexity index is 1360. The maximum Gasteiger partial charge on any atom is 0.264 e. The molecule has 39 heavy (non-hydrogen) atoms. The van der Waals surface area contributed by atoms with Crippen molar-refractivity contribution in [2.24, 2.45) is 0 Å². The summed E-state index contributed by atoms with van der Waals surface area (Å²) in [6, 6.07) is 21.2. The average molecular weight is 570 g/mol. The Kier molecular flexibility index (Phi) is 10.5. The molecule has 2 amide bonds. The van der Waals surface area contributed by atoms with E-state index in [4.69, 9.17) is 11.6 Å². The number of aryl methyl sites for hydroxylation is 1. The number of benzene rings is 3. The fraction of sp³-hybridized carbons (Fsp3) is 0.333. The van der Waals surface area contributed by atoms with Crippen LogP contribution in [-0.4, -0.2) is 43.8 Å². The zero-order valence-electron chi connectivity index (χ0n) is 22.8. The summed E-state index contributed by atoms with van der Waals surface area (Å²) in [6.45, 7) is 7.04. The molecule has 0 unspecified atom stereocenters. The molecule has 3 aromatic rings. The van der Waals surface area contributed by atoms with Crippen molar-refractivity contribution >= 4 is 39.1 Å². The Morgan fingerprint density at radius 3 is 2.10 bits per heavy atom. The number of nitrogens with one attached hydrogen (secondary N) is 1. The van der Waals surface area contributed by atoms with Crippen molar-refractivity contribution in [3.05, 3.63) is 95.0 Å². The number of rotatable bonds is 12. The molecule has 208 valence electrons. The zero-order valence-corrected chi connectivity index (χ0v) is 24.4. The molecule has 0 radical (unpaired) electrons. The summed E-state index contributed by atoms with van der Waals surface area (Å²) in [6.07, 6.45) is 1.52. The summed E-state index contributed by atoms with van der Waals surface area (Å²) < 4.78 is 28.7. The lowest BCUT2D eigenvalue weighted by atomic mass is 10.1. The fourth-order valence-electron chi connectivity index (χ4n) is 4.00. The second-order valence-electron chi connectivity index (χ2n) is 9.45. The van der Waals surface area contributed by atoms with E-state index >= 15 is 0 Å². The number of anilines is 1. The van der Waals surface area contributed by atoms with Gasteiger partial charge in [0, 0.05) is 17.6 Å². The number of amides is 2. The third kappa shape index (κ3) is 7.61. The minimum atomic E-state index is -4.09. The highest BCUT2D eigenvalue weighted by Gasteiger charge is 2.33. The number of carbonyl (C=O) groups is 2. The number of nitrogens with zero attached hydrogens (tertiary/aromatic N) is 2. The third-order valence-electron chi connectivity index (χ3n) is 6.71. The van der Waals surface area contributed by atoms with Gasteiger partial charge in [-0.25, -0.2) is 8.42 Å². The molecule has 0 bridgehead atoms. The molecule has 0 saturated carbocycles. The number of carbonyl (C=O) groups excluding carboxylic acids is 2. The Hall–Kier alpha value is -3.36. The van der Waals surface area contributed by atoms with Gasteiger partial charge in [-0.2, -0.15) is 0 Å². The lowest BCUT2D eigenvalue weighted by molar-refractivity contribution is -0.139. The highest BCUT2D eigenvalue weighted by atomic mass is 35.5. The van der Waals surface area contributed by atoms with Crippen LogP contribution in [0.2, 0.25) is 5.02 Å². The topological polar surface area (TPSA) is 86.8 Å². The Balaban J connectivity index is 2.02. The molecule has 0 fully saturated rings. The van der Waals surface area contributed by atoms with Crippen LogP contribution in [-0.2, 0) is 32.6 Å². The van der Waals surface area contributed by atoms with Crippen LogP contribution in [0, 0.1) is 0 Å². The Morgan fingerprint density at radius 2 is 1.51 bits per heavy atom. The average Bonchev–Trinajstić information content (AvgIpc) is 2.95. The van der Waals surface area contributed by atoms with Gasteiger partial charge in [-0.05, 0) is 68.1 Å². The summed E-state index contributed by atoms with van der Waals surface area (Å²) in [7, 11) is -4.09. The molecular formula is C30H36ClN3O4S. The first-order chi connectivity index (χ1) is 18.6. The van der Waals surface area contributed by atoms with Gasteiger partial charge in [0.15, 0.2) is 0 Å². The monoisotopic (exact) mass is 569 g/mol. The summed E-state index contributed by atoms with van der Waals surface area (Å²) in [4.78, 5) is 28.5. The quantitative estimate of drug-likeness (QED) is 0.315. The highest BCUT2D eigenvalue weighted by Crippen LogP contribution is 2.26. The lowest BCUT2D eigenvalue weighted by Crippen LogP contribution is -2.52. The largest absolute Gasteiger partial charge is 0.352 e. The van der Waals surface area contributed by atoms with E-state index in [1.165, 1.54) is 17.0 Å². The van der Waals surface area contributed by atoms with Crippen LogP contribution >= 0.6 is 11.6 Å². The van der Waals surface area contributed by atoms with E-state index in [1.807, 2.05) is 32.9 Å². The Morgan fingerprint density at radius 1 is 0.897 bits per heavy atom. The number of hydrogen-bond donors (Lipinski definition) is 1. The molecule has 0 spiro atoms. The highest BCUT2D eigenvalue weighted by molar-refractivity contribution is 7.92. The predicted molar refractivity (Wildman–Crippen MR) is 156 cm³/mol. The molecule has 3 aromatic carbocycles. The molecule has 2 atom stereocenters. The molecule has 1 N–H and O–H groups in total. The molecule has 0 aliphatic rings. The van der Waals surface area contributed by atoms with Gasteiger partial charge in [-0.1, -0.05) is 74.0 Å². The van der Waals surface area contributed by atoms with Crippen molar-refractivity contribution in [2.45, 2.75) is 64.1 Å². The van der Waals surface area contributed by atoms with Crippen LogP contribution in [0.3, 0.4) is 0 Å². The Labute approximate surface area is 236 Å². The summed E-state index contributed by atoms with van der Waals surface area (Å²) in [5.41, 5.74) is 2.05. The van der Waals surface area contributed by atoms with Crippen molar-refractivity contribution in [1.82, 2.24) is 10.2 Å². The van der Waals surface area contributed by atoms with Gasteiger partial charge < -0.3 is 10.2 Å². The van der Waals surface area contributed by atoms with Crippen molar-refractivity contribution in [2.75, 3.05) is 10.8 Å². The van der Waals surface area contributed by atoms with Crippen LogP contribution in [0.1, 0.15) is 45.2 Å². The van der Waals surface area contributed by atoms with Crippen molar-refractivity contribution in [3.63, 3.8) is 0 Å². The van der Waals surface area contributed by atoms with Crippen LogP contribution in [0.4, 0.5) is 5.69 Å². The normalized spacial score (nSPS) is 12.8. The lowest BCUT2D eigenvalue weighted by Gasteiger charge is -2.32. The maximum absolute atomic E-state index is 13.9. The van der Waals surface area contributed by atoms with Gasteiger partial charge in [-0.3, -0.25) is 13.9 Å². The van der Waals surface area contributed by atoms with E-state index in [0.717, 1.165) is 22.7 Å². The SMILES string of the molecule is CCc1ccc(N(CC(=O)N(Cc2ccccc2Cl)[C@H](C)C(=O)N[C@H](C)CC)S(=O)(=O)c2ccccc2)cc1. The smallest absolute Gasteiger partial charge is 0.264 e. The summed E-state index contributed by atoms with van der Waals surface area (Å²) >= 11 is 6.40. The van der Waals surface area contributed by atoms with Gasteiger partial charge >= 0.3 is 0 Å². The molecule has 7 nitrogen and oxygen atoms in total. The van der Waals surface area contributed by atoms with Gasteiger partial charge in [-0.15, -0.1) is 0 Å². The van der Waals surface area contributed by atoms with Crippen LogP contribution in [0.25, 0.3) is 0 Å². The van der Waals surface area contributed by atoms with Crippen molar-refractivity contribution < 1.29 is 18.0 Å². The molecule has 0 aliphatic carbocycles. The van der Waals surface area contributed by atoms with Crippen molar-refractivity contribution in [1.29, 1.82) is 0 Å². The zero-order chi connectivity index (χ0) is 28.6. The van der Waals surface area contributed by atoms with Gasteiger partial charge in [0.25, 0.3) is 10.0 Å². The second-order valence-corrected chi connectivity index (χ2v) is 11.7. The molecule has 0 aliphatic heterocycles. The third-order valence-corrected chi connectivity index (χ3v) is 8.87. The van der Waals surface area contributed by atoms with Crippen LogP contribution in [0.15, 0.2) is 83.8 Å². The maximum atomic E-state index is 13.9. The molecule has 9 heteroatoms. The first-order valence-electron chi connectivity index (χ1n) is 13.1. The summed E-state index contributed by atoms with van der Waals surface area (Å²) in [5.74, 6) is -0.852. The first kappa shape index (κ1) is 30.2. The fourth-order valence-corrected chi connectivity index (χ4v) is 5.64. The van der Waals surface area contributed by atoms with Crippen molar-refractivity contribution in [3.8, 4) is 0 Å².